The molecular weight excluding hydrogens is 226 g/mol. The van der Waals surface area contributed by atoms with Crippen LogP contribution in [0.1, 0.15) is 45.4 Å². The van der Waals surface area contributed by atoms with Crippen molar-refractivity contribution in [2.24, 2.45) is 0 Å². The van der Waals surface area contributed by atoms with Gasteiger partial charge in [0.15, 0.2) is 0 Å². The molecule has 4 nitrogen and oxygen atoms in total. The molecule has 3 heterocycles. The average molecular weight is 251 g/mol. The summed E-state index contributed by atoms with van der Waals surface area (Å²) in [6, 6.07) is 2.65. The van der Waals surface area contributed by atoms with E-state index in [4.69, 9.17) is 0 Å². The molecule has 3 aliphatic rings. The van der Waals surface area contributed by atoms with E-state index >= 15 is 0 Å². The summed E-state index contributed by atoms with van der Waals surface area (Å²) in [6.07, 6.45) is 7.07. The zero-order valence-electron chi connectivity index (χ0n) is 11.3. The average Bonchev–Trinajstić information content (AvgIpc) is 2.83. The van der Waals surface area contributed by atoms with Gasteiger partial charge in [0.25, 0.3) is 0 Å². The van der Waals surface area contributed by atoms with E-state index < -0.39 is 0 Å². The van der Waals surface area contributed by atoms with Crippen LogP contribution in [0.4, 0.5) is 0 Å². The Morgan fingerprint density at radius 2 is 2.00 bits per heavy atom. The summed E-state index contributed by atoms with van der Waals surface area (Å²) in [4.78, 5) is 14.0. The second kappa shape index (κ2) is 5.17. The number of carbonyl (C=O) groups excluding carboxylic acids is 1. The maximum Gasteiger partial charge on any atom is 0.220 e. The molecule has 0 aromatic rings. The first kappa shape index (κ1) is 12.4. The first-order valence-electron chi connectivity index (χ1n) is 7.54. The van der Waals surface area contributed by atoms with E-state index in [2.05, 4.69) is 22.5 Å². The summed E-state index contributed by atoms with van der Waals surface area (Å²) < 4.78 is 0. The molecule has 0 aromatic carbocycles. The lowest BCUT2D eigenvalue weighted by Gasteiger charge is -2.40. The maximum atomic E-state index is 11.3. The van der Waals surface area contributed by atoms with Gasteiger partial charge in [0.1, 0.15) is 0 Å². The first-order valence-corrected chi connectivity index (χ1v) is 7.54. The van der Waals surface area contributed by atoms with Gasteiger partial charge >= 0.3 is 0 Å². The lowest BCUT2D eigenvalue weighted by atomic mass is 9.96. The van der Waals surface area contributed by atoms with Gasteiger partial charge in [0.2, 0.25) is 5.91 Å². The van der Waals surface area contributed by atoms with E-state index in [1.165, 1.54) is 25.7 Å². The van der Waals surface area contributed by atoms with Gasteiger partial charge in [-0.15, -0.1) is 0 Å². The fourth-order valence-corrected chi connectivity index (χ4v) is 4.10. The van der Waals surface area contributed by atoms with Crippen LogP contribution in [0.5, 0.6) is 0 Å². The molecule has 0 radical (unpaired) electrons. The highest BCUT2D eigenvalue weighted by Crippen LogP contribution is 2.36. The Labute approximate surface area is 109 Å². The molecule has 18 heavy (non-hydrogen) atoms. The molecule has 3 fully saturated rings. The summed E-state index contributed by atoms with van der Waals surface area (Å²) in [7, 11) is 0. The highest BCUT2D eigenvalue weighted by Gasteiger charge is 2.41. The smallest absolute Gasteiger partial charge is 0.220 e. The van der Waals surface area contributed by atoms with Crippen molar-refractivity contribution in [1.29, 1.82) is 0 Å². The third-order valence-electron chi connectivity index (χ3n) is 4.89. The Morgan fingerprint density at radius 3 is 2.56 bits per heavy atom. The van der Waals surface area contributed by atoms with Crippen LogP contribution in [0.3, 0.4) is 0 Å². The van der Waals surface area contributed by atoms with E-state index in [-0.39, 0.29) is 5.91 Å². The number of nitrogens with one attached hydrogen (secondary N) is 2. The Balaban J connectivity index is 1.56. The van der Waals surface area contributed by atoms with Crippen LogP contribution in [0.15, 0.2) is 0 Å². The molecule has 3 atom stereocenters. The number of piperidine rings is 1. The molecule has 1 amide bonds. The number of amides is 1. The van der Waals surface area contributed by atoms with Crippen molar-refractivity contribution in [1.82, 2.24) is 15.5 Å². The van der Waals surface area contributed by atoms with Crippen LogP contribution in [0, 0.1) is 0 Å². The van der Waals surface area contributed by atoms with Crippen LogP contribution in [-0.4, -0.2) is 48.1 Å². The van der Waals surface area contributed by atoms with Gasteiger partial charge in [-0.1, -0.05) is 6.92 Å². The number of nitrogens with zero attached hydrogens (tertiary/aromatic N) is 1. The van der Waals surface area contributed by atoms with Gasteiger partial charge in [-0.05, 0) is 38.6 Å². The number of carbonyl (C=O) groups is 1. The predicted octanol–water partition coefficient (Wildman–Crippen LogP) is 0.870. The van der Waals surface area contributed by atoms with E-state index in [0.717, 1.165) is 44.1 Å². The zero-order valence-corrected chi connectivity index (χ0v) is 11.3. The summed E-state index contributed by atoms with van der Waals surface area (Å²) in [5.41, 5.74) is 0. The molecule has 4 heteroatoms. The Hall–Kier alpha value is -0.610. The molecule has 0 spiro atoms. The van der Waals surface area contributed by atoms with Gasteiger partial charge in [0, 0.05) is 37.1 Å². The quantitative estimate of drug-likeness (QED) is 0.779. The standard InChI is InChI=1S/C14H25N3O/c1-2-15-11-7-12-4-5-13(8-11)17(12)9-10-3-6-14(18)16-10/h10-13,15H,2-9H2,1H3,(H,16,18). The summed E-state index contributed by atoms with van der Waals surface area (Å²) in [5.74, 6) is 0.245. The minimum absolute atomic E-state index is 0.245. The van der Waals surface area contributed by atoms with Crippen LogP contribution >= 0.6 is 0 Å². The van der Waals surface area contributed by atoms with Crippen molar-refractivity contribution >= 4 is 5.91 Å². The third kappa shape index (κ3) is 2.41. The van der Waals surface area contributed by atoms with Gasteiger partial charge in [-0.2, -0.15) is 0 Å². The van der Waals surface area contributed by atoms with Crippen LogP contribution in [0.25, 0.3) is 0 Å². The van der Waals surface area contributed by atoms with Crippen LogP contribution in [-0.2, 0) is 4.79 Å². The minimum Gasteiger partial charge on any atom is -0.352 e. The monoisotopic (exact) mass is 251 g/mol. The van der Waals surface area contributed by atoms with Crippen molar-refractivity contribution < 1.29 is 4.79 Å². The lowest BCUT2D eigenvalue weighted by molar-refractivity contribution is -0.119. The highest BCUT2D eigenvalue weighted by molar-refractivity contribution is 5.78. The van der Waals surface area contributed by atoms with Crippen molar-refractivity contribution in [3.63, 3.8) is 0 Å². The summed E-state index contributed by atoms with van der Waals surface area (Å²) in [5, 5.41) is 6.72. The molecule has 3 saturated heterocycles. The molecule has 0 aromatic heterocycles. The zero-order chi connectivity index (χ0) is 12.5. The second-order valence-corrected chi connectivity index (χ2v) is 6.11. The highest BCUT2D eigenvalue weighted by atomic mass is 16.1. The number of hydrogen-bond acceptors (Lipinski definition) is 3. The Bertz CT molecular complexity index is 306. The molecule has 2 bridgehead atoms. The number of fused-ring (bicyclic) bond motifs is 2. The Morgan fingerprint density at radius 1 is 1.28 bits per heavy atom. The lowest BCUT2D eigenvalue weighted by Crippen LogP contribution is -2.52. The van der Waals surface area contributed by atoms with E-state index in [9.17, 15) is 4.79 Å². The SMILES string of the molecule is CCNC1CC2CCC(C1)N2CC1CCC(=O)N1. The maximum absolute atomic E-state index is 11.3. The Kier molecular flexibility index (Phi) is 3.57. The second-order valence-electron chi connectivity index (χ2n) is 6.11. The summed E-state index contributed by atoms with van der Waals surface area (Å²) in [6.45, 7) is 4.37. The molecule has 0 saturated carbocycles. The number of hydrogen-bond donors (Lipinski definition) is 2. The summed E-state index contributed by atoms with van der Waals surface area (Å²) >= 11 is 0. The van der Waals surface area contributed by atoms with Crippen molar-refractivity contribution in [3.8, 4) is 0 Å². The van der Waals surface area contributed by atoms with E-state index in [0.29, 0.717) is 6.04 Å². The van der Waals surface area contributed by atoms with E-state index in [1.54, 1.807) is 0 Å². The van der Waals surface area contributed by atoms with Gasteiger partial charge < -0.3 is 10.6 Å². The molecule has 3 rings (SSSR count). The molecule has 3 unspecified atom stereocenters. The van der Waals surface area contributed by atoms with Crippen molar-refractivity contribution in [3.05, 3.63) is 0 Å². The van der Waals surface area contributed by atoms with E-state index in [1.807, 2.05) is 0 Å². The first-order chi connectivity index (χ1) is 8.76. The molecule has 3 aliphatic heterocycles. The molecule has 2 N–H and O–H groups in total. The number of rotatable bonds is 4. The normalized spacial score (nSPS) is 40.2. The van der Waals surface area contributed by atoms with Gasteiger partial charge in [0.05, 0.1) is 0 Å². The van der Waals surface area contributed by atoms with Gasteiger partial charge in [-0.25, -0.2) is 0 Å². The van der Waals surface area contributed by atoms with Crippen LogP contribution < -0.4 is 10.6 Å². The fraction of sp³-hybridized carbons (Fsp3) is 0.929. The largest absolute Gasteiger partial charge is 0.352 e. The van der Waals surface area contributed by atoms with Gasteiger partial charge in [-0.3, -0.25) is 9.69 Å². The van der Waals surface area contributed by atoms with Crippen LogP contribution in [0.2, 0.25) is 0 Å². The minimum atomic E-state index is 0.245. The topological polar surface area (TPSA) is 44.4 Å². The van der Waals surface area contributed by atoms with Crippen molar-refractivity contribution in [2.45, 2.75) is 69.6 Å². The fourth-order valence-electron chi connectivity index (χ4n) is 4.10. The third-order valence-corrected chi connectivity index (χ3v) is 4.89. The molecule has 102 valence electrons. The predicted molar refractivity (Wildman–Crippen MR) is 71.4 cm³/mol. The molecule has 0 aliphatic carbocycles. The molecular formula is C14H25N3O. The van der Waals surface area contributed by atoms with Crippen molar-refractivity contribution in [2.75, 3.05) is 13.1 Å².